The molecule has 0 nitrogen and oxygen atoms in total. The minimum Gasteiger partial charge on any atom is -0.207 e. The second kappa shape index (κ2) is 5.19. The molecule has 0 aliphatic heterocycles. The molecule has 1 atom stereocenters. The molecule has 1 rings (SSSR count). The summed E-state index contributed by atoms with van der Waals surface area (Å²) in [6.07, 6.45) is 1.13. The molecule has 0 radical (unpaired) electrons. The van der Waals surface area contributed by atoms with Gasteiger partial charge in [0.1, 0.15) is 5.82 Å². The van der Waals surface area contributed by atoms with E-state index in [0.29, 0.717) is 12.5 Å². The highest BCUT2D eigenvalue weighted by Crippen LogP contribution is 2.20. The van der Waals surface area contributed by atoms with E-state index in [1.165, 1.54) is 0 Å². The lowest BCUT2D eigenvalue weighted by Gasteiger charge is -2.12. The van der Waals surface area contributed by atoms with Crippen LogP contribution in [0.5, 0.6) is 0 Å². The van der Waals surface area contributed by atoms with Crippen molar-refractivity contribution in [2.45, 2.75) is 26.7 Å². The summed E-state index contributed by atoms with van der Waals surface area (Å²) in [5.41, 5.74) is 1.21. The Morgan fingerprint density at radius 2 is 1.75 bits per heavy atom. The van der Waals surface area contributed by atoms with Gasteiger partial charge in [0.15, 0.2) is 11.6 Å². The van der Waals surface area contributed by atoms with E-state index >= 15 is 0 Å². The first-order valence-corrected chi connectivity index (χ1v) is 5.18. The topological polar surface area (TPSA) is 0 Å². The van der Waals surface area contributed by atoms with Gasteiger partial charge in [-0.1, -0.05) is 12.5 Å². The van der Waals surface area contributed by atoms with Gasteiger partial charge in [0, 0.05) is 6.07 Å². The predicted molar refractivity (Wildman–Crippen MR) is 58.6 cm³/mol. The van der Waals surface area contributed by atoms with Gasteiger partial charge in [-0.15, -0.1) is 6.58 Å². The Morgan fingerprint density at radius 3 is 2.31 bits per heavy atom. The van der Waals surface area contributed by atoms with E-state index in [4.69, 9.17) is 0 Å². The van der Waals surface area contributed by atoms with Crippen LogP contribution in [0.1, 0.15) is 25.8 Å². The van der Waals surface area contributed by atoms with Crippen LogP contribution in [0.3, 0.4) is 0 Å². The highest BCUT2D eigenvalue weighted by molar-refractivity contribution is 5.20. The zero-order valence-electron chi connectivity index (χ0n) is 9.49. The zero-order valence-corrected chi connectivity index (χ0v) is 9.49. The Kier molecular flexibility index (Phi) is 4.16. The first kappa shape index (κ1) is 12.8. The normalized spacial score (nSPS) is 12.6. The van der Waals surface area contributed by atoms with Crippen molar-refractivity contribution in [1.29, 1.82) is 0 Å². The second-order valence-corrected chi connectivity index (χ2v) is 4.33. The molecule has 0 bridgehead atoms. The van der Waals surface area contributed by atoms with Gasteiger partial charge in [0.2, 0.25) is 0 Å². The quantitative estimate of drug-likeness (QED) is 0.534. The van der Waals surface area contributed by atoms with Crippen LogP contribution in [0.2, 0.25) is 0 Å². The van der Waals surface area contributed by atoms with E-state index < -0.39 is 17.5 Å². The van der Waals surface area contributed by atoms with E-state index in [9.17, 15) is 13.2 Å². The molecule has 3 heteroatoms. The minimum atomic E-state index is -1.14. The summed E-state index contributed by atoms with van der Waals surface area (Å²) in [6.45, 7) is 7.58. The third-order valence-corrected chi connectivity index (χ3v) is 2.35. The molecular formula is C13H15F3. The van der Waals surface area contributed by atoms with Crippen molar-refractivity contribution >= 4 is 0 Å². The van der Waals surface area contributed by atoms with Gasteiger partial charge >= 0.3 is 0 Å². The van der Waals surface area contributed by atoms with Gasteiger partial charge in [-0.3, -0.25) is 0 Å². The molecule has 88 valence electrons. The fraction of sp³-hybridized carbons (Fsp3) is 0.385. The highest BCUT2D eigenvalue weighted by Gasteiger charge is 2.12. The first-order chi connectivity index (χ1) is 7.40. The Balaban J connectivity index is 2.81. The molecule has 0 aliphatic carbocycles. The van der Waals surface area contributed by atoms with Gasteiger partial charge in [-0.25, -0.2) is 13.2 Å². The molecule has 0 saturated heterocycles. The van der Waals surface area contributed by atoms with Crippen molar-refractivity contribution in [2.75, 3.05) is 0 Å². The van der Waals surface area contributed by atoms with E-state index in [1.807, 2.05) is 13.8 Å². The van der Waals surface area contributed by atoms with Crippen molar-refractivity contribution in [3.8, 4) is 0 Å². The fourth-order valence-corrected chi connectivity index (χ4v) is 1.76. The van der Waals surface area contributed by atoms with Crippen LogP contribution in [0.4, 0.5) is 13.2 Å². The van der Waals surface area contributed by atoms with E-state index in [-0.39, 0.29) is 11.5 Å². The Bertz CT molecular complexity index is 396. The molecule has 0 saturated carbocycles. The summed E-state index contributed by atoms with van der Waals surface area (Å²) < 4.78 is 38.9. The molecule has 0 heterocycles. The van der Waals surface area contributed by atoms with Gasteiger partial charge < -0.3 is 0 Å². The van der Waals surface area contributed by atoms with E-state index in [2.05, 4.69) is 6.58 Å². The smallest absolute Gasteiger partial charge is 0.161 e. The number of benzene rings is 1. The molecular weight excluding hydrogens is 213 g/mol. The molecule has 0 spiro atoms. The fourth-order valence-electron chi connectivity index (χ4n) is 1.76. The maximum absolute atomic E-state index is 13.3. The predicted octanol–water partition coefficient (Wildman–Crippen LogP) is 4.25. The van der Waals surface area contributed by atoms with Crippen LogP contribution >= 0.6 is 0 Å². The number of hydrogen-bond acceptors (Lipinski definition) is 0. The first-order valence-electron chi connectivity index (χ1n) is 5.18. The Hall–Kier alpha value is -1.25. The van der Waals surface area contributed by atoms with Crippen molar-refractivity contribution in [1.82, 2.24) is 0 Å². The number of hydrogen-bond donors (Lipinski definition) is 0. The summed E-state index contributed by atoms with van der Waals surface area (Å²) >= 11 is 0. The summed E-state index contributed by atoms with van der Waals surface area (Å²) in [5, 5.41) is 0. The monoisotopic (exact) mass is 228 g/mol. The molecule has 0 amide bonds. The third kappa shape index (κ3) is 3.40. The zero-order chi connectivity index (χ0) is 12.3. The van der Waals surface area contributed by atoms with Crippen LogP contribution in [-0.4, -0.2) is 0 Å². The van der Waals surface area contributed by atoms with Gasteiger partial charge in [-0.2, -0.15) is 0 Å². The van der Waals surface area contributed by atoms with Crippen molar-refractivity contribution in [2.24, 2.45) is 5.92 Å². The summed E-state index contributed by atoms with van der Waals surface area (Å²) in [6, 6.07) is 1.53. The van der Waals surface area contributed by atoms with Gasteiger partial charge in [0.05, 0.1) is 0 Å². The largest absolute Gasteiger partial charge is 0.207 e. The summed E-state index contributed by atoms with van der Waals surface area (Å²) in [5.74, 6) is -2.67. The second-order valence-electron chi connectivity index (χ2n) is 4.33. The highest BCUT2D eigenvalue weighted by atomic mass is 19.2. The SMILES string of the molecule is C=C(C)CC(C)Cc1cc(F)c(F)cc1F. The molecule has 1 aromatic carbocycles. The number of halogens is 3. The molecule has 1 unspecified atom stereocenters. The molecule has 1 aromatic rings. The Morgan fingerprint density at radius 1 is 1.19 bits per heavy atom. The van der Waals surface area contributed by atoms with Gasteiger partial charge in [-0.05, 0) is 37.3 Å². The van der Waals surface area contributed by atoms with Crippen molar-refractivity contribution < 1.29 is 13.2 Å². The Labute approximate surface area is 93.8 Å². The lowest BCUT2D eigenvalue weighted by Crippen LogP contribution is -2.04. The molecule has 0 N–H and O–H groups in total. The molecule has 0 aliphatic rings. The van der Waals surface area contributed by atoms with E-state index in [1.54, 1.807) is 0 Å². The maximum Gasteiger partial charge on any atom is 0.161 e. The molecule has 16 heavy (non-hydrogen) atoms. The van der Waals surface area contributed by atoms with Crippen molar-refractivity contribution in [3.05, 3.63) is 47.3 Å². The maximum atomic E-state index is 13.3. The lowest BCUT2D eigenvalue weighted by atomic mass is 9.95. The van der Waals surface area contributed by atoms with Crippen molar-refractivity contribution in [3.63, 3.8) is 0 Å². The minimum absolute atomic E-state index is 0.164. The average molecular weight is 228 g/mol. The van der Waals surface area contributed by atoms with Gasteiger partial charge in [0.25, 0.3) is 0 Å². The van der Waals surface area contributed by atoms with Crippen LogP contribution in [0.15, 0.2) is 24.3 Å². The summed E-state index contributed by atoms with van der Waals surface area (Å²) in [4.78, 5) is 0. The summed E-state index contributed by atoms with van der Waals surface area (Å²) in [7, 11) is 0. The standard InChI is InChI=1S/C13H15F3/c1-8(2)4-9(3)5-10-6-12(15)13(16)7-11(10)14/h6-7,9H,1,4-5H2,2-3H3. The third-order valence-electron chi connectivity index (χ3n) is 2.35. The molecule has 0 aromatic heterocycles. The number of rotatable bonds is 4. The number of allylic oxidation sites excluding steroid dienone is 1. The lowest BCUT2D eigenvalue weighted by molar-refractivity contribution is 0.480. The van der Waals surface area contributed by atoms with Crippen LogP contribution in [0, 0.1) is 23.4 Å². The van der Waals surface area contributed by atoms with E-state index in [0.717, 1.165) is 18.1 Å². The van der Waals surface area contributed by atoms with Crippen LogP contribution < -0.4 is 0 Å². The van der Waals surface area contributed by atoms with Crippen LogP contribution in [0.25, 0.3) is 0 Å². The molecule has 0 fully saturated rings. The van der Waals surface area contributed by atoms with Crippen LogP contribution in [-0.2, 0) is 6.42 Å². The average Bonchev–Trinajstić information content (AvgIpc) is 2.12.